The maximum Gasteiger partial charge on any atom is 0.303 e. The molecule has 0 saturated heterocycles. The minimum Gasteiger partial charge on any atom is -0.481 e. The molecule has 6 heteroatoms. The Morgan fingerprint density at radius 3 is 2.78 bits per heavy atom. The van der Waals surface area contributed by atoms with Crippen molar-refractivity contribution in [2.75, 3.05) is 6.54 Å². The van der Waals surface area contributed by atoms with E-state index in [1.54, 1.807) is 11.4 Å². The molecule has 0 aliphatic heterocycles. The fourth-order valence-corrected chi connectivity index (χ4v) is 2.61. The number of halogens is 1. The standard InChI is InChI=1S/C12H16BrNO3S/c1-8(2-3-11(15)16)4-5-14-12(17)9-6-10(13)18-7-9/h6-8H,2-5H2,1H3,(H,14,17)(H,15,16). The minimum absolute atomic E-state index is 0.0811. The third kappa shape index (κ3) is 5.64. The SMILES string of the molecule is CC(CCNC(=O)c1csc(Br)c1)CCC(=O)O. The van der Waals surface area contributed by atoms with E-state index in [-0.39, 0.29) is 12.3 Å². The number of nitrogens with one attached hydrogen (secondary N) is 1. The van der Waals surface area contributed by atoms with Crippen LogP contribution in [0, 0.1) is 5.92 Å². The Bertz CT molecular complexity index is 419. The molecule has 4 nitrogen and oxygen atoms in total. The number of thiophene rings is 1. The lowest BCUT2D eigenvalue weighted by molar-refractivity contribution is -0.137. The molecule has 0 saturated carbocycles. The molecule has 1 aromatic heterocycles. The van der Waals surface area contributed by atoms with Crippen LogP contribution in [0.1, 0.15) is 36.5 Å². The van der Waals surface area contributed by atoms with Gasteiger partial charge in [-0.3, -0.25) is 9.59 Å². The summed E-state index contributed by atoms with van der Waals surface area (Å²) in [5.41, 5.74) is 0.657. The number of carboxylic acids is 1. The van der Waals surface area contributed by atoms with Crippen LogP contribution >= 0.6 is 27.3 Å². The van der Waals surface area contributed by atoms with Gasteiger partial charge in [0.25, 0.3) is 5.91 Å². The Hall–Kier alpha value is -0.880. The molecule has 1 atom stereocenters. The number of rotatable bonds is 7. The first kappa shape index (κ1) is 15.2. The summed E-state index contributed by atoms with van der Waals surface area (Å²) in [5, 5.41) is 13.2. The quantitative estimate of drug-likeness (QED) is 0.805. The van der Waals surface area contributed by atoms with Crippen molar-refractivity contribution in [3.8, 4) is 0 Å². The third-order valence-corrected chi connectivity index (χ3v) is 4.11. The molecule has 1 amide bonds. The number of hydrogen-bond acceptors (Lipinski definition) is 3. The zero-order chi connectivity index (χ0) is 13.5. The molecule has 1 unspecified atom stereocenters. The van der Waals surface area contributed by atoms with Crippen molar-refractivity contribution >= 4 is 39.1 Å². The first-order valence-corrected chi connectivity index (χ1v) is 7.40. The van der Waals surface area contributed by atoms with Crippen molar-refractivity contribution in [2.24, 2.45) is 5.92 Å². The number of carbonyl (C=O) groups is 2. The van der Waals surface area contributed by atoms with Crippen LogP contribution in [-0.2, 0) is 4.79 Å². The van der Waals surface area contributed by atoms with E-state index >= 15 is 0 Å². The Balaban J connectivity index is 2.21. The molecule has 1 heterocycles. The largest absolute Gasteiger partial charge is 0.481 e. The fraction of sp³-hybridized carbons (Fsp3) is 0.500. The van der Waals surface area contributed by atoms with Gasteiger partial charge >= 0.3 is 5.97 Å². The Labute approximate surface area is 119 Å². The third-order valence-electron chi connectivity index (χ3n) is 2.60. The lowest BCUT2D eigenvalue weighted by Crippen LogP contribution is -2.25. The maximum absolute atomic E-state index is 11.7. The first-order valence-electron chi connectivity index (χ1n) is 5.73. The van der Waals surface area contributed by atoms with Crippen molar-refractivity contribution in [1.29, 1.82) is 0 Å². The van der Waals surface area contributed by atoms with Gasteiger partial charge in [0.2, 0.25) is 0 Å². The van der Waals surface area contributed by atoms with Crippen LogP contribution in [0.3, 0.4) is 0 Å². The average Bonchev–Trinajstić information content (AvgIpc) is 2.73. The molecule has 18 heavy (non-hydrogen) atoms. The highest BCUT2D eigenvalue weighted by molar-refractivity contribution is 9.11. The van der Waals surface area contributed by atoms with Gasteiger partial charge in [-0.15, -0.1) is 11.3 Å². The molecule has 0 spiro atoms. The van der Waals surface area contributed by atoms with E-state index in [1.165, 1.54) is 11.3 Å². The molecular weight excluding hydrogens is 318 g/mol. The lowest BCUT2D eigenvalue weighted by Gasteiger charge is -2.10. The Morgan fingerprint density at radius 2 is 2.22 bits per heavy atom. The van der Waals surface area contributed by atoms with Gasteiger partial charge in [-0.1, -0.05) is 6.92 Å². The van der Waals surface area contributed by atoms with Crippen molar-refractivity contribution in [1.82, 2.24) is 5.32 Å². The normalized spacial score (nSPS) is 12.1. The molecule has 0 aliphatic carbocycles. The van der Waals surface area contributed by atoms with Gasteiger partial charge in [0.15, 0.2) is 0 Å². The molecule has 0 fully saturated rings. The highest BCUT2D eigenvalue weighted by atomic mass is 79.9. The van der Waals surface area contributed by atoms with E-state index < -0.39 is 5.97 Å². The van der Waals surface area contributed by atoms with Crippen molar-refractivity contribution < 1.29 is 14.7 Å². The van der Waals surface area contributed by atoms with Gasteiger partial charge in [-0.2, -0.15) is 0 Å². The highest BCUT2D eigenvalue weighted by Crippen LogP contribution is 2.20. The maximum atomic E-state index is 11.7. The zero-order valence-corrected chi connectivity index (χ0v) is 12.5. The van der Waals surface area contributed by atoms with E-state index in [0.29, 0.717) is 24.4 Å². The van der Waals surface area contributed by atoms with Gasteiger partial charge in [-0.05, 0) is 40.8 Å². The predicted octanol–water partition coefficient (Wildman–Crippen LogP) is 3.13. The topological polar surface area (TPSA) is 66.4 Å². The number of carbonyl (C=O) groups excluding carboxylic acids is 1. The summed E-state index contributed by atoms with van der Waals surface area (Å²) < 4.78 is 0.933. The molecule has 2 N–H and O–H groups in total. The zero-order valence-electron chi connectivity index (χ0n) is 10.1. The van der Waals surface area contributed by atoms with Crippen LogP contribution in [0.2, 0.25) is 0 Å². The second kappa shape index (κ2) is 7.53. The fourth-order valence-electron chi connectivity index (χ4n) is 1.48. The van der Waals surface area contributed by atoms with Gasteiger partial charge in [-0.25, -0.2) is 0 Å². The first-order chi connectivity index (χ1) is 8.49. The lowest BCUT2D eigenvalue weighted by atomic mass is 10.0. The second-order valence-corrected chi connectivity index (χ2v) is 6.51. The summed E-state index contributed by atoms with van der Waals surface area (Å²) >= 11 is 4.78. The summed E-state index contributed by atoms with van der Waals surface area (Å²) in [6, 6.07) is 1.79. The van der Waals surface area contributed by atoms with E-state index in [9.17, 15) is 9.59 Å². The smallest absolute Gasteiger partial charge is 0.303 e. The summed E-state index contributed by atoms with van der Waals surface area (Å²) in [5.74, 6) is -0.549. The van der Waals surface area contributed by atoms with Crippen LogP contribution in [0.5, 0.6) is 0 Å². The molecule has 100 valence electrons. The van der Waals surface area contributed by atoms with Gasteiger partial charge in [0, 0.05) is 18.3 Å². The van der Waals surface area contributed by atoms with Crippen LogP contribution < -0.4 is 5.32 Å². The Kier molecular flexibility index (Phi) is 6.35. The van der Waals surface area contributed by atoms with Crippen molar-refractivity contribution in [3.63, 3.8) is 0 Å². The van der Waals surface area contributed by atoms with Gasteiger partial charge < -0.3 is 10.4 Å². The molecule has 0 aliphatic rings. The highest BCUT2D eigenvalue weighted by Gasteiger charge is 2.09. The number of aliphatic carboxylic acids is 1. The minimum atomic E-state index is -0.769. The van der Waals surface area contributed by atoms with E-state index in [2.05, 4.69) is 21.2 Å². The molecule has 0 radical (unpaired) electrons. The molecule has 1 aromatic rings. The van der Waals surface area contributed by atoms with Crippen LogP contribution in [-0.4, -0.2) is 23.5 Å². The summed E-state index contributed by atoms with van der Waals surface area (Å²) in [4.78, 5) is 22.1. The van der Waals surface area contributed by atoms with E-state index in [4.69, 9.17) is 5.11 Å². The van der Waals surface area contributed by atoms with Crippen molar-refractivity contribution in [3.05, 3.63) is 20.8 Å². The van der Waals surface area contributed by atoms with E-state index in [1.807, 2.05) is 6.92 Å². The number of amides is 1. The molecule has 0 bridgehead atoms. The number of hydrogen-bond donors (Lipinski definition) is 2. The molecule has 0 aromatic carbocycles. The average molecular weight is 334 g/mol. The van der Waals surface area contributed by atoms with E-state index in [0.717, 1.165) is 10.2 Å². The van der Waals surface area contributed by atoms with Crippen molar-refractivity contribution in [2.45, 2.75) is 26.2 Å². The summed E-state index contributed by atoms with van der Waals surface area (Å²) in [7, 11) is 0. The molecular formula is C12H16BrNO3S. The number of carboxylic acid groups (broad SMARTS) is 1. The summed E-state index contributed by atoms with van der Waals surface area (Å²) in [6.07, 6.45) is 1.63. The Morgan fingerprint density at radius 1 is 1.50 bits per heavy atom. The van der Waals surface area contributed by atoms with Crippen LogP contribution in [0.25, 0.3) is 0 Å². The van der Waals surface area contributed by atoms with Crippen LogP contribution in [0.4, 0.5) is 0 Å². The van der Waals surface area contributed by atoms with Gasteiger partial charge in [0.1, 0.15) is 0 Å². The monoisotopic (exact) mass is 333 g/mol. The second-order valence-electron chi connectivity index (χ2n) is 4.22. The van der Waals surface area contributed by atoms with Gasteiger partial charge in [0.05, 0.1) is 9.35 Å². The summed E-state index contributed by atoms with van der Waals surface area (Å²) in [6.45, 7) is 2.57. The molecule has 1 rings (SSSR count). The predicted molar refractivity (Wildman–Crippen MR) is 75.0 cm³/mol. The van der Waals surface area contributed by atoms with Crippen LogP contribution in [0.15, 0.2) is 15.2 Å².